The molecule has 7 nitrogen and oxygen atoms in total. The molecular formula is C23H18N2O5. The molecule has 0 aliphatic carbocycles. The van der Waals surface area contributed by atoms with Crippen LogP contribution in [0.25, 0.3) is 0 Å². The zero-order chi connectivity index (χ0) is 21.7. The average Bonchev–Trinajstić information content (AvgIpc) is 3.28. The van der Waals surface area contributed by atoms with E-state index in [2.05, 4.69) is 0 Å². The van der Waals surface area contributed by atoms with Gasteiger partial charge in [0.2, 0.25) is 0 Å². The smallest absolute Gasteiger partial charge is 0.258 e. The topological polar surface area (TPSA) is 91.8 Å². The van der Waals surface area contributed by atoms with Crippen LogP contribution in [0.5, 0.6) is 0 Å². The van der Waals surface area contributed by atoms with E-state index in [4.69, 9.17) is 0 Å². The molecule has 4 amide bonds. The van der Waals surface area contributed by atoms with E-state index in [1.54, 1.807) is 55.5 Å². The molecule has 30 heavy (non-hydrogen) atoms. The fraction of sp³-hybridized carbons (Fsp3) is 0.0870. The molecule has 150 valence electrons. The van der Waals surface area contributed by atoms with Crippen LogP contribution in [0.15, 0.2) is 78.9 Å². The van der Waals surface area contributed by atoms with Gasteiger partial charge in [-0.3, -0.25) is 28.9 Å². The molecule has 0 unspecified atom stereocenters. The van der Waals surface area contributed by atoms with Gasteiger partial charge < -0.3 is 0 Å². The number of ketones is 1. The van der Waals surface area contributed by atoms with Crippen molar-refractivity contribution in [3.05, 3.63) is 90.0 Å². The number of likely N-dealkylation sites (N-methyl/N-ethyl adjacent to an activating group) is 1. The molecule has 0 spiro atoms. The highest BCUT2D eigenvalue weighted by Crippen LogP contribution is 2.20. The number of nitrogens with zero attached hydrogens (tertiary/aromatic N) is 2. The fourth-order valence-corrected chi connectivity index (χ4v) is 2.92. The van der Waals surface area contributed by atoms with E-state index in [0.29, 0.717) is 23.4 Å². The Balaban J connectivity index is 0.000000239. The predicted molar refractivity (Wildman–Crippen MR) is 109 cm³/mol. The Morgan fingerprint density at radius 3 is 1.60 bits per heavy atom. The van der Waals surface area contributed by atoms with E-state index in [1.165, 1.54) is 29.2 Å². The average molecular weight is 402 g/mol. The summed E-state index contributed by atoms with van der Waals surface area (Å²) in [6.07, 6.45) is 5.02. The van der Waals surface area contributed by atoms with Crippen molar-refractivity contribution in [2.45, 2.75) is 6.92 Å². The lowest BCUT2D eigenvalue weighted by atomic mass is 10.0. The third kappa shape index (κ3) is 4.30. The molecule has 0 aromatic heterocycles. The van der Waals surface area contributed by atoms with Gasteiger partial charge in [-0.15, -0.1) is 0 Å². The normalized spacial score (nSPS) is 15.0. The first kappa shape index (κ1) is 20.6. The zero-order valence-electron chi connectivity index (χ0n) is 16.1. The molecule has 4 rings (SSSR count). The standard InChI is InChI=1S/C17H11NO3.C6H7NO2/c19-15-10-11-16(20)18(15)14-8-6-13(7-9-14)17(21)12-4-2-1-3-5-12;1-2-7-5(8)3-4-6(7)9/h1-11H;3-4H,2H2,1H3. The van der Waals surface area contributed by atoms with Gasteiger partial charge in [0.15, 0.2) is 5.78 Å². The number of carbonyl (C=O) groups excluding carboxylic acids is 5. The van der Waals surface area contributed by atoms with Gasteiger partial charge >= 0.3 is 0 Å². The zero-order valence-corrected chi connectivity index (χ0v) is 16.1. The van der Waals surface area contributed by atoms with E-state index in [-0.39, 0.29) is 29.4 Å². The van der Waals surface area contributed by atoms with Crippen molar-refractivity contribution in [2.24, 2.45) is 0 Å². The monoisotopic (exact) mass is 402 g/mol. The summed E-state index contributed by atoms with van der Waals surface area (Å²) < 4.78 is 0. The number of hydrogen-bond donors (Lipinski definition) is 0. The van der Waals surface area contributed by atoms with Gasteiger partial charge in [0, 0.05) is 42.0 Å². The van der Waals surface area contributed by atoms with Crippen LogP contribution in [0.2, 0.25) is 0 Å². The lowest BCUT2D eigenvalue weighted by Crippen LogP contribution is -2.29. The second kappa shape index (κ2) is 8.91. The summed E-state index contributed by atoms with van der Waals surface area (Å²) in [6.45, 7) is 2.23. The van der Waals surface area contributed by atoms with E-state index in [0.717, 1.165) is 4.90 Å². The molecular weight excluding hydrogens is 384 g/mol. The molecule has 0 bridgehead atoms. The Hall–Kier alpha value is -4.13. The lowest BCUT2D eigenvalue weighted by molar-refractivity contribution is -0.136. The highest BCUT2D eigenvalue weighted by Gasteiger charge is 2.25. The van der Waals surface area contributed by atoms with Gasteiger partial charge in [0.05, 0.1) is 5.69 Å². The summed E-state index contributed by atoms with van der Waals surface area (Å²) in [6, 6.07) is 15.4. The summed E-state index contributed by atoms with van der Waals surface area (Å²) in [5.41, 5.74) is 1.57. The molecule has 2 aliphatic heterocycles. The minimum Gasteiger partial charge on any atom is -0.289 e. The summed E-state index contributed by atoms with van der Waals surface area (Å²) in [5, 5.41) is 0. The van der Waals surface area contributed by atoms with Crippen molar-refractivity contribution in [1.82, 2.24) is 4.90 Å². The Bertz CT molecular complexity index is 1030. The molecule has 0 saturated heterocycles. The molecule has 0 N–H and O–H groups in total. The minimum absolute atomic E-state index is 0.0978. The molecule has 7 heteroatoms. The number of benzene rings is 2. The van der Waals surface area contributed by atoms with Crippen LogP contribution in [0.4, 0.5) is 5.69 Å². The van der Waals surface area contributed by atoms with Crippen molar-refractivity contribution in [3.63, 3.8) is 0 Å². The van der Waals surface area contributed by atoms with Gasteiger partial charge in [0.1, 0.15) is 0 Å². The van der Waals surface area contributed by atoms with E-state index >= 15 is 0 Å². The Kier molecular flexibility index (Phi) is 6.12. The van der Waals surface area contributed by atoms with Crippen LogP contribution in [-0.2, 0) is 19.2 Å². The van der Waals surface area contributed by atoms with E-state index < -0.39 is 0 Å². The number of anilines is 1. The Morgan fingerprint density at radius 1 is 0.667 bits per heavy atom. The SMILES string of the molecule is CCN1C(=O)C=CC1=O.O=C(c1ccccc1)c1ccc(N2C(=O)C=CC2=O)cc1. The van der Waals surface area contributed by atoms with Crippen LogP contribution in [0.1, 0.15) is 22.8 Å². The molecule has 2 aromatic carbocycles. The molecule has 2 aromatic rings. The fourth-order valence-electron chi connectivity index (χ4n) is 2.92. The first-order valence-electron chi connectivity index (χ1n) is 9.22. The molecule has 2 heterocycles. The largest absolute Gasteiger partial charge is 0.289 e. The van der Waals surface area contributed by atoms with Crippen molar-refractivity contribution in [2.75, 3.05) is 11.4 Å². The van der Waals surface area contributed by atoms with Gasteiger partial charge in [0.25, 0.3) is 23.6 Å². The van der Waals surface area contributed by atoms with Crippen molar-refractivity contribution in [1.29, 1.82) is 0 Å². The third-order valence-corrected chi connectivity index (χ3v) is 4.45. The third-order valence-electron chi connectivity index (χ3n) is 4.45. The molecule has 0 saturated carbocycles. The summed E-state index contributed by atoms with van der Waals surface area (Å²) in [5.74, 6) is -1.26. The van der Waals surface area contributed by atoms with Crippen molar-refractivity contribution in [3.8, 4) is 0 Å². The highest BCUT2D eigenvalue weighted by molar-refractivity contribution is 6.28. The van der Waals surface area contributed by atoms with Crippen molar-refractivity contribution >= 4 is 35.1 Å². The van der Waals surface area contributed by atoms with Gasteiger partial charge in [-0.25, -0.2) is 4.90 Å². The molecule has 0 atom stereocenters. The number of rotatable bonds is 4. The lowest BCUT2D eigenvalue weighted by Gasteiger charge is -2.13. The Morgan fingerprint density at radius 2 is 1.13 bits per heavy atom. The number of amides is 4. The number of carbonyl (C=O) groups is 5. The van der Waals surface area contributed by atoms with Crippen LogP contribution >= 0.6 is 0 Å². The van der Waals surface area contributed by atoms with Crippen LogP contribution in [0, 0.1) is 0 Å². The second-order valence-electron chi connectivity index (χ2n) is 6.34. The van der Waals surface area contributed by atoms with E-state index in [9.17, 15) is 24.0 Å². The number of imide groups is 2. The Labute approximate surface area is 172 Å². The first-order valence-corrected chi connectivity index (χ1v) is 9.22. The molecule has 0 fully saturated rings. The van der Waals surface area contributed by atoms with Gasteiger partial charge in [-0.2, -0.15) is 0 Å². The summed E-state index contributed by atoms with van der Waals surface area (Å²) in [4.78, 5) is 58.9. The highest BCUT2D eigenvalue weighted by atomic mass is 16.2. The van der Waals surface area contributed by atoms with Gasteiger partial charge in [-0.1, -0.05) is 30.3 Å². The molecule has 2 aliphatic rings. The second-order valence-corrected chi connectivity index (χ2v) is 6.34. The van der Waals surface area contributed by atoms with Crippen LogP contribution in [-0.4, -0.2) is 40.9 Å². The predicted octanol–water partition coefficient (Wildman–Crippen LogP) is 2.28. The maximum Gasteiger partial charge on any atom is 0.258 e. The van der Waals surface area contributed by atoms with Crippen LogP contribution in [0.3, 0.4) is 0 Å². The minimum atomic E-state index is -0.373. The van der Waals surface area contributed by atoms with E-state index in [1.807, 2.05) is 6.07 Å². The first-order chi connectivity index (χ1) is 14.4. The maximum absolute atomic E-state index is 12.2. The van der Waals surface area contributed by atoms with Crippen LogP contribution < -0.4 is 4.90 Å². The van der Waals surface area contributed by atoms with Crippen molar-refractivity contribution < 1.29 is 24.0 Å². The maximum atomic E-state index is 12.2. The molecule has 0 radical (unpaired) electrons. The van der Waals surface area contributed by atoms with Gasteiger partial charge in [-0.05, 0) is 31.2 Å². The quantitative estimate of drug-likeness (QED) is 0.578. The summed E-state index contributed by atoms with van der Waals surface area (Å²) >= 11 is 0. The number of hydrogen-bond acceptors (Lipinski definition) is 5. The summed E-state index contributed by atoms with van der Waals surface area (Å²) in [7, 11) is 0.